The molecular formula is C35H45F4N3O8. The van der Waals surface area contributed by atoms with E-state index >= 15 is 4.39 Å². The summed E-state index contributed by atoms with van der Waals surface area (Å²) < 4.78 is 75.5. The first-order chi connectivity index (χ1) is 23.0. The molecule has 1 aliphatic rings. The van der Waals surface area contributed by atoms with Gasteiger partial charge in [-0.3, -0.25) is 19.4 Å². The molecule has 0 radical (unpaired) electrons. The Kier molecular flexibility index (Phi) is 12.4. The lowest BCUT2D eigenvalue weighted by Gasteiger charge is -2.35. The topological polar surface area (TPSA) is 126 Å². The third-order valence-corrected chi connectivity index (χ3v) is 7.53. The van der Waals surface area contributed by atoms with Crippen molar-refractivity contribution in [2.75, 3.05) is 22.9 Å². The van der Waals surface area contributed by atoms with Crippen molar-refractivity contribution in [3.05, 3.63) is 53.3 Å². The van der Waals surface area contributed by atoms with Crippen LogP contribution in [0.4, 0.5) is 38.5 Å². The Bertz CT molecular complexity index is 1550. The highest BCUT2D eigenvalue weighted by molar-refractivity contribution is 6.03. The number of esters is 1. The fourth-order valence-corrected chi connectivity index (χ4v) is 5.54. The van der Waals surface area contributed by atoms with Gasteiger partial charge in [-0.25, -0.2) is 14.0 Å². The molecule has 1 heterocycles. The van der Waals surface area contributed by atoms with Crippen molar-refractivity contribution in [3.63, 3.8) is 0 Å². The number of ether oxygens (including phenoxy) is 3. The summed E-state index contributed by atoms with van der Waals surface area (Å²) in [6.45, 7) is 11.2. The van der Waals surface area contributed by atoms with Crippen LogP contribution in [0.1, 0.15) is 79.4 Å². The van der Waals surface area contributed by atoms with E-state index in [-0.39, 0.29) is 29.3 Å². The number of carbonyl (C=O) groups excluding carboxylic acids is 3. The van der Waals surface area contributed by atoms with Crippen LogP contribution in [0.25, 0.3) is 0 Å². The van der Waals surface area contributed by atoms with E-state index in [1.54, 1.807) is 58.0 Å². The van der Waals surface area contributed by atoms with E-state index in [9.17, 15) is 37.5 Å². The van der Waals surface area contributed by atoms with E-state index in [4.69, 9.17) is 14.2 Å². The van der Waals surface area contributed by atoms with Crippen LogP contribution in [-0.4, -0.2) is 76.6 Å². The van der Waals surface area contributed by atoms with Crippen LogP contribution in [0, 0.1) is 5.82 Å². The maximum absolute atomic E-state index is 16.8. The van der Waals surface area contributed by atoms with Crippen LogP contribution in [-0.2, 0) is 32.1 Å². The number of benzene rings is 2. The highest BCUT2D eigenvalue weighted by atomic mass is 19.4. The number of fused-ring (bicyclic) bond motifs is 1. The maximum Gasteiger partial charge on any atom is 0.471 e. The fraction of sp³-hybridized carbons (Fsp3) is 0.543. The van der Waals surface area contributed by atoms with Gasteiger partial charge in [0.15, 0.2) is 5.82 Å². The molecule has 276 valence electrons. The van der Waals surface area contributed by atoms with Gasteiger partial charge >= 0.3 is 30.2 Å². The lowest BCUT2D eigenvalue weighted by molar-refractivity contribution is -0.171. The molecule has 3 amide bonds. The van der Waals surface area contributed by atoms with E-state index in [2.05, 4.69) is 0 Å². The standard InChI is InChI=1S/C35H45F4N3O8/c1-9-13-21(2)40(32(47)50-34(6,7)8)18-23-16-24-25(42(23)31(45)46)17-26(48-20-22-14-11-10-12-15-22)29(28(24)36)41(30(44)35(37,38)39)19-27(43)49-33(3,4)5/h10-12,14-15,17,21,23H,9,13,16,18-20H2,1-8H3,(H,45,46)/t21?,23-/m1/s1. The predicted molar refractivity (Wildman–Crippen MR) is 177 cm³/mol. The molecule has 2 atom stereocenters. The number of rotatable bonds is 11. The first-order valence-electron chi connectivity index (χ1n) is 16.2. The number of alkyl halides is 3. The number of hydrogen-bond acceptors (Lipinski definition) is 7. The van der Waals surface area contributed by atoms with Gasteiger partial charge in [0.25, 0.3) is 0 Å². The van der Waals surface area contributed by atoms with Gasteiger partial charge in [0.2, 0.25) is 0 Å². The second-order valence-electron chi connectivity index (χ2n) is 14.1. The van der Waals surface area contributed by atoms with Crippen molar-refractivity contribution in [2.45, 2.75) is 111 Å². The average molecular weight is 712 g/mol. The molecule has 11 nitrogen and oxygen atoms in total. The SMILES string of the molecule is CCCC(C)N(C[C@H]1Cc2c(cc(OCc3ccccc3)c(N(CC(=O)OC(C)(C)C)C(=O)C(F)(F)F)c2F)N1C(=O)O)C(=O)OC(C)(C)C. The number of carbonyl (C=O) groups is 4. The summed E-state index contributed by atoms with van der Waals surface area (Å²) in [4.78, 5) is 53.8. The number of carboxylic acid groups (broad SMARTS) is 1. The zero-order valence-corrected chi connectivity index (χ0v) is 29.5. The minimum Gasteiger partial charge on any atom is -0.487 e. The zero-order chi connectivity index (χ0) is 37.8. The summed E-state index contributed by atoms with van der Waals surface area (Å²) in [7, 11) is 0. The van der Waals surface area contributed by atoms with Crippen molar-refractivity contribution in [1.82, 2.24) is 4.90 Å². The van der Waals surface area contributed by atoms with Gasteiger partial charge in [-0.1, -0.05) is 43.7 Å². The number of halogens is 4. The van der Waals surface area contributed by atoms with Crippen molar-refractivity contribution in [3.8, 4) is 5.75 Å². The van der Waals surface area contributed by atoms with E-state index in [1.807, 2.05) is 6.92 Å². The second-order valence-corrected chi connectivity index (χ2v) is 14.1. The van der Waals surface area contributed by atoms with Crippen LogP contribution in [0.15, 0.2) is 36.4 Å². The smallest absolute Gasteiger partial charge is 0.471 e. The molecule has 2 aromatic rings. The first-order valence-corrected chi connectivity index (χ1v) is 16.2. The Morgan fingerprint density at radius 3 is 2.12 bits per heavy atom. The van der Waals surface area contributed by atoms with Crippen molar-refractivity contribution >= 4 is 35.4 Å². The molecular weight excluding hydrogens is 666 g/mol. The summed E-state index contributed by atoms with van der Waals surface area (Å²) >= 11 is 0. The van der Waals surface area contributed by atoms with Crippen LogP contribution < -0.4 is 14.5 Å². The second kappa shape index (κ2) is 15.5. The molecule has 0 aromatic heterocycles. The Balaban J connectivity index is 2.22. The number of anilines is 2. The Morgan fingerprint density at radius 2 is 1.60 bits per heavy atom. The summed E-state index contributed by atoms with van der Waals surface area (Å²) in [6.07, 6.45) is -7.00. The van der Waals surface area contributed by atoms with Crippen LogP contribution >= 0.6 is 0 Å². The Hall–Kier alpha value is -4.56. The monoisotopic (exact) mass is 711 g/mol. The van der Waals surface area contributed by atoms with Gasteiger partial charge in [0.05, 0.1) is 11.7 Å². The molecule has 0 aliphatic carbocycles. The zero-order valence-electron chi connectivity index (χ0n) is 29.5. The van der Waals surface area contributed by atoms with Gasteiger partial charge in [-0.05, 0) is 60.5 Å². The van der Waals surface area contributed by atoms with Crippen molar-refractivity contribution < 1.29 is 56.1 Å². The minimum absolute atomic E-state index is 0.0984. The number of nitrogens with zero attached hydrogens (tertiary/aromatic N) is 3. The Labute approximate surface area is 289 Å². The molecule has 0 bridgehead atoms. The molecule has 0 fully saturated rings. The molecule has 0 saturated heterocycles. The summed E-state index contributed by atoms with van der Waals surface area (Å²) in [5, 5.41) is 10.4. The lowest BCUT2D eigenvalue weighted by Crippen LogP contribution is -2.50. The molecule has 0 spiro atoms. The molecule has 1 unspecified atom stereocenters. The Morgan fingerprint density at radius 1 is 1.00 bits per heavy atom. The molecule has 50 heavy (non-hydrogen) atoms. The van der Waals surface area contributed by atoms with Crippen LogP contribution in [0.5, 0.6) is 5.75 Å². The third-order valence-electron chi connectivity index (χ3n) is 7.53. The summed E-state index contributed by atoms with van der Waals surface area (Å²) in [5.74, 6) is -5.85. The van der Waals surface area contributed by atoms with E-state index in [0.29, 0.717) is 18.4 Å². The molecule has 2 aromatic carbocycles. The highest BCUT2D eigenvalue weighted by Gasteiger charge is 2.48. The number of hydrogen-bond donors (Lipinski definition) is 1. The minimum atomic E-state index is -5.55. The van der Waals surface area contributed by atoms with Gasteiger partial charge in [0, 0.05) is 30.6 Å². The van der Waals surface area contributed by atoms with Crippen LogP contribution in [0.3, 0.4) is 0 Å². The highest BCUT2D eigenvalue weighted by Crippen LogP contribution is 2.45. The van der Waals surface area contributed by atoms with Gasteiger partial charge in [-0.15, -0.1) is 0 Å². The van der Waals surface area contributed by atoms with E-state index in [1.165, 1.54) is 25.7 Å². The largest absolute Gasteiger partial charge is 0.487 e. The van der Waals surface area contributed by atoms with Crippen LogP contribution in [0.2, 0.25) is 0 Å². The van der Waals surface area contributed by atoms with E-state index < -0.39 is 83.7 Å². The normalized spacial score (nSPS) is 15.2. The van der Waals surface area contributed by atoms with Crippen molar-refractivity contribution in [2.24, 2.45) is 0 Å². The quantitative estimate of drug-likeness (QED) is 0.188. The molecule has 3 rings (SSSR count). The average Bonchev–Trinajstić information content (AvgIpc) is 3.34. The molecule has 1 N–H and O–H groups in total. The predicted octanol–water partition coefficient (Wildman–Crippen LogP) is 7.48. The summed E-state index contributed by atoms with van der Waals surface area (Å²) in [6, 6.07) is 7.79. The molecule has 0 saturated carbocycles. The van der Waals surface area contributed by atoms with Gasteiger partial charge < -0.3 is 24.2 Å². The first kappa shape index (κ1) is 39.9. The molecule has 1 aliphatic heterocycles. The molecule has 15 heteroatoms. The van der Waals surface area contributed by atoms with Gasteiger partial charge in [-0.2, -0.15) is 13.2 Å². The van der Waals surface area contributed by atoms with Crippen molar-refractivity contribution in [1.29, 1.82) is 0 Å². The summed E-state index contributed by atoms with van der Waals surface area (Å²) in [5.41, 5.74) is -3.14. The van der Waals surface area contributed by atoms with E-state index in [0.717, 1.165) is 11.0 Å². The lowest BCUT2D eigenvalue weighted by atomic mass is 10.0. The number of amides is 3. The maximum atomic E-state index is 16.8. The fourth-order valence-electron chi connectivity index (χ4n) is 5.54. The third kappa shape index (κ3) is 10.2. The van der Waals surface area contributed by atoms with Gasteiger partial charge in [0.1, 0.15) is 35.8 Å².